The lowest BCUT2D eigenvalue weighted by molar-refractivity contribution is 0.0664. The molecule has 1 saturated heterocycles. The molecule has 0 bridgehead atoms. The minimum atomic E-state index is 0.668. The summed E-state index contributed by atoms with van der Waals surface area (Å²) in [7, 11) is 1.74. The van der Waals surface area contributed by atoms with Crippen LogP contribution >= 0.6 is 15.9 Å². The van der Waals surface area contributed by atoms with Gasteiger partial charge in [-0.05, 0) is 41.1 Å². The van der Waals surface area contributed by atoms with Crippen LogP contribution in [0, 0.1) is 5.92 Å². The molecule has 14 heavy (non-hydrogen) atoms. The van der Waals surface area contributed by atoms with Gasteiger partial charge in [-0.3, -0.25) is 4.99 Å². The standard InChI is InChI=1S/C10H17BrN2O/c1-13-7-9(11)10(12)6-8-2-4-14-5-3-8/h7-8H,2-6,12H2,1H3. The van der Waals surface area contributed by atoms with Crippen LogP contribution in [0.3, 0.4) is 0 Å². The van der Waals surface area contributed by atoms with Gasteiger partial charge in [0.25, 0.3) is 0 Å². The molecule has 1 aliphatic heterocycles. The molecule has 2 N–H and O–H groups in total. The van der Waals surface area contributed by atoms with Gasteiger partial charge in [0.15, 0.2) is 0 Å². The average molecular weight is 261 g/mol. The predicted molar refractivity (Wildman–Crippen MR) is 62.7 cm³/mol. The van der Waals surface area contributed by atoms with Crippen molar-refractivity contribution in [3.05, 3.63) is 10.2 Å². The van der Waals surface area contributed by atoms with Crippen LogP contribution in [0.1, 0.15) is 19.3 Å². The predicted octanol–water partition coefficient (Wildman–Crippen LogP) is 2.07. The molecule has 0 aromatic rings. The third-order valence-electron chi connectivity index (χ3n) is 2.40. The molecular weight excluding hydrogens is 244 g/mol. The fraction of sp³-hybridized carbons (Fsp3) is 0.700. The van der Waals surface area contributed by atoms with Crippen molar-refractivity contribution in [2.75, 3.05) is 20.3 Å². The summed E-state index contributed by atoms with van der Waals surface area (Å²) in [4.78, 5) is 3.92. The lowest BCUT2D eigenvalue weighted by atomic mass is 9.95. The van der Waals surface area contributed by atoms with E-state index in [1.54, 1.807) is 13.3 Å². The Morgan fingerprint density at radius 2 is 2.21 bits per heavy atom. The van der Waals surface area contributed by atoms with E-state index in [1.807, 2.05) is 0 Å². The summed E-state index contributed by atoms with van der Waals surface area (Å²) in [6.07, 6.45) is 4.92. The number of aliphatic imine (C=N–C) groups is 1. The number of hydrogen-bond donors (Lipinski definition) is 1. The third-order valence-corrected chi connectivity index (χ3v) is 3.11. The largest absolute Gasteiger partial charge is 0.401 e. The number of nitrogens with zero attached hydrogens (tertiary/aromatic N) is 1. The van der Waals surface area contributed by atoms with Crippen LogP contribution in [0.15, 0.2) is 15.2 Å². The Bertz CT molecular complexity index is 232. The van der Waals surface area contributed by atoms with E-state index < -0.39 is 0 Å². The quantitative estimate of drug-likeness (QED) is 0.790. The van der Waals surface area contributed by atoms with Gasteiger partial charge in [-0.1, -0.05) is 0 Å². The summed E-state index contributed by atoms with van der Waals surface area (Å²) in [5.74, 6) is 0.668. The molecule has 1 aliphatic rings. The van der Waals surface area contributed by atoms with Crippen molar-refractivity contribution in [1.29, 1.82) is 0 Å². The third kappa shape index (κ3) is 3.80. The van der Waals surface area contributed by atoms with E-state index in [1.165, 1.54) is 0 Å². The first-order valence-corrected chi connectivity index (χ1v) is 5.67. The molecule has 3 nitrogen and oxygen atoms in total. The maximum Gasteiger partial charge on any atom is 0.0540 e. The van der Waals surface area contributed by atoms with E-state index in [9.17, 15) is 0 Å². The van der Waals surface area contributed by atoms with E-state index in [-0.39, 0.29) is 0 Å². The van der Waals surface area contributed by atoms with E-state index in [2.05, 4.69) is 20.9 Å². The highest BCUT2D eigenvalue weighted by Crippen LogP contribution is 2.22. The molecule has 0 aromatic carbocycles. The first kappa shape index (κ1) is 11.7. The molecule has 80 valence electrons. The highest BCUT2D eigenvalue weighted by Gasteiger charge is 2.15. The zero-order valence-corrected chi connectivity index (χ0v) is 10.1. The number of rotatable bonds is 3. The Hall–Kier alpha value is -0.350. The molecule has 1 rings (SSSR count). The second kappa shape index (κ2) is 6.19. The lowest BCUT2D eigenvalue weighted by Gasteiger charge is -2.22. The van der Waals surface area contributed by atoms with Crippen molar-refractivity contribution >= 4 is 22.1 Å². The van der Waals surface area contributed by atoms with Gasteiger partial charge in [0.05, 0.1) is 4.48 Å². The van der Waals surface area contributed by atoms with Crippen LogP contribution in [-0.4, -0.2) is 26.5 Å². The maximum absolute atomic E-state index is 5.93. The van der Waals surface area contributed by atoms with E-state index >= 15 is 0 Å². The van der Waals surface area contributed by atoms with Crippen LogP contribution < -0.4 is 5.73 Å². The summed E-state index contributed by atoms with van der Waals surface area (Å²) < 4.78 is 6.20. The molecule has 4 heteroatoms. The van der Waals surface area contributed by atoms with Crippen LogP contribution in [0.2, 0.25) is 0 Å². The van der Waals surface area contributed by atoms with Gasteiger partial charge in [-0.25, -0.2) is 0 Å². The Labute approximate surface area is 93.5 Å². The zero-order valence-electron chi connectivity index (χ0n) is 8.50. The van der Waals surface area contributed by atoms with Crippen molar-refractivity contribution < 1.29 is 4.74 Å². The normalized spacial score (nSPS) is 21.3. The molecule has 0 saturated carbocycles. The molecule has 0 spiro atoms. The Kier molecular flexibility index (Phi) is 5.19. The van der Waals surface area contributed by atoms with Crippen molar-refractivity contribution in [2.45, 2.75) is 19.3 Å². The highest BCUT2D eigenvalue weighted by molar-refractivity contribution is 9.12. The lowest BCUT2D eigenvalue weighted by Crippen LogP contribution is -2.18. The zero-order chi connectivity index (χ0) is 10.4. The number of halogens is 1. The van der Waals surface area contributed by atoms with Gasteiger partial charge in [-0.2, -0.15) is 0 Å². The summed E-state index contributed by atoms with van der Waals surface area (Å²) in [5.41, 5.74) is 6.83. The van der Waals surface area contributed by atoms with Crippen LogP contribution in [0.4, 0.5) is 0 Å². The van der Waals surface area contributed by atoms with Crippen molar-refractivity contribution in [3.8, 4) is 0 Å². The molecule has 0 unspecified atom stereocenters. The van der Waals surface area contributed by atoms with Gasteiger partial charge in [0.2, 0.25) is 0 Å². The molecule has 0 atom stereocenters. The van der Waals surface area contributed by atoms with Crippen LogP contribution in [0.5, 0.6) is 0 Å². The van der Waals surface area contributed by atoms with E-state index in [0.29, 0.717) is 5.92 Å². The van der Waals surface area contributed by atoms with Gasteiger partial charge >= 0.3 is 0 Å². The van der Waals surface area contributed by atoms with Gasteiger partial charge in [0, 0.05) is 32.2 Å². The van der Waals surface area contributed by atoms with Crippen molar-refractivity contribution in [1.82, 2.24) is 0 Å². The van der Waals surface area contributed by atoms with Gasteiger partial charge in [-0.15, -0.1) is 0 Å². The van der Waals surface area contributed by atoms with Gasteiger partial charge < -0.3 is 10.5 Å². The fourth-order valence-corrected chi connectivity index (χ4v) is 1.92. The Morgan fingerprint density at radius 3 is 2.79 bits per heavy atom. The number of ether oxygens (including phenoxy) is 1. The number of nitrogens with two attached hydrogens (primary N) is 1. The fourth-order valence-electron chi connectivity index (χ4n) is 1.56. The monoisotopic (exact) mass is 260 g/mol. The summed E-state index contributed by atoms with van der Waals surface area (Å²) in [6, 6.07) is 0. The molecule has 0 aromatic heterocycles. The molecule has 1 heterocycles. The Morgan fingerprint density at radius 1 is 1.57 bits per heavy atom. The molecule has 0 aliphatic carbocycles. The summed E-state index contributed by atoms with van der Waals surface area (Å²) >= 11 is 3.40. The van der Waals surface area contributed by atoms with Crippen LogP contribution in [0.25, 0.3) is 0 Å². The first-order chi connectivity index (χ1) is 6.74. The summed E-state index contributed by atoms with van der Waals surface area (Å²) in [5, 5.41) is 0. The first-order valence-electron chi connectivity index (χ1n) is 4.88. The van der Waals surface area contributed by atoms with E-state index in [4.69, 9.17) is 10.5 Å². The second-order valence-corrected chi connectivity index (χ2v) is 4.37. The maximum atomic E-state index is 5.93. The number of allylic oxidation sites excluding steroid dienone is 2. The number of hydrogen-bond acceptors (Lipinski definition) is 3. The van der Waals surface area contributed by atoms with Gasteiger partial charge in [0.1, 0.15) is 0 Å². The van der Waals surface area contributed by atoms with Crippen molar-refractivity contribution in [2.24, 2.45) is 16.6 Å². The minimum Gasteiger partial charge on any atom is -0.401 e. The topological polar surface area (TPSA) is 47.6 Å². The molecule has 1 fully saturated rings. The summed E-state index contributed by atoms with van der Waals surface area (Å²) in [6.45, 7) is 1.74. The highest BCUT2D eigenvalue weighted by atomic mass is 79.9. The molecular formula is C10H17BrN2O. The SMILES string of the molecule is CN=CC(Br)=C(N)CC1CCOCC1. The van der Waals surface area contributed by atoms with E-state index in [0.717, 1.165) is 42.7 Å². The second-order valence-electron chi connectivity index (χ2n) is 3.52. The average Bonchev–Trinajstić information content (AvgIpc) is 2.19. The molecule has 0 amide bonds. The molecule has 0 radical (unpaired) electrons. The minimum absolute atomic E-state index is 0.668. The smallest absolute Gasteiger partial charge is 0.0540 e. The Balaban J connectivity index is 2.45. The van der Waals surface area contributed by atoms with Crippen molar-refractivity contribution in [3.63, 3.8) is 0 Å². The van der Waals surface area contributed by atoms with Crippen LogP contribution in [-0.2, 0) is 4.74 Å².